The van der Waals surface area contributed by atoms with Crippen molar-refractivity contribution in [1.29, 1.82) is 0 Å². The summed E-state index contributed by atoms with van der Waals surface area (Å²) in [6.45, 7) is 2.57. The van der Waals surface area contributed by atoms with Gasteiger partial charge in [0.2, 0.25) is 12.2 Å². The SMILES string of the molecule is NC(=O)C(=O)C(Cc1ccccc1)NC=O.c1ccc(N2CCC3(CC3)C2)cc1. The molecule has 2 fully saturated rings. The van der Waals surface area contributed by atoms with E-state index < -0.39 is 17.7 Å². The Hall–Kier alpha value is -3.15. The maximum absolute atomic E-state index is 11.3. The second kappa shape index (κ2) is 9.37. The number of nitrogens with one attached hydrogen (secondary N) is 1. The van der Waals surface area contributed by atoms with Gasteiger partial charge in [0.25, 0.3) is 5.91 Å². The number of Topliss-reactive ketones (excluding diaryl/α,β-unsaturated/α-hetero) is 1. The number of hydrogen-bond donors (Lipinski definition) is 2. The number of primary amides is 1. The number of carbonyl (C=O) groups is 3. The molecule has 1 aliphatic carbocycles. The molecule has 0 aromatic heterocycles. The fraction of sp³-hybridized carbons (Fsp3) is 0.348. The number of anilines is 1. The highest BCUT2D eigenvalue weighted by molar-refractivity contribution is 6.37. The van der Waals surface area contributed by atoms with Gasteiger partial charge in [-0.3, -0.25) is 14.4 Å². The van der Waals surface area contributed by atoms with Crippen LogP contribution in [0, 0.1) is 5.41 Å². The van der Waals surface area contributed by atoms with Crippen LogP contribution in [0.5, 0.6) is 0 Å². The Labute approximate surface area is 171 Å². The highest BCUT2D eigenvalue weighted by atomic mass is 16.2. The van der Waals surface area contributed by atoms with E-state index >= 15 is 0 Å². The van der Waals surface area contributed by atoms with Crippen LogP contribution in [0.4, 0.5) is 5.69 Å². The van der Waals surface area contributed by atoms with Gasteiger partial charge in [-0.25, -0.2) is 0 Å². The van der Waals surface area contributed by atoms with E-state index in [2.05, 4.69) is 40.5 Å². The average molecular weight is 393 g/mol. The molecule has 0 radical (unpaired) electrons. The standard InChI is InChI=1S/C12H15N.C11H12N2O3/c1-2-4-11(5-3-1)13-9-8-12(10-13)6-7-12;12-11(16)10(15)9(13-7-14)6-8-4-2-1-3-5-8/h1-5H,6-10H2;1-5,7,9H,6H2,(H2,12,16)(H,13,14). The number of nitrogens with two attached hydrogens (primary N) is 1. The summed E-state index contributed by atoms with van der Waals surface area (Å²) in [4.78, 5) is 34.9. The molecule has 1 unspecified atom stereocenters. The van der Waals surface area contributed by atoms with E-state index in [1.807, 2.05) is 18.2 Å². The van der Waals surface area contributed by atoms with Crippen molar-refractivity contribution in [3.63, 3.8) is 0 Å². The Morgan fingerprint density at radius 1 is 1.03 bits per heavy atom. The lowest BCUT2D eigenvalue weighted by Gasteiger charge is -2.18. The Bertz CT molecular complexity index is 835. The van der Waals surface area contributed by atoms with Gasteiger partial charge in [-0.15, -0.1) is 0 Å². The molecule has 3 N–H and O–H groups in total. The van der Waals surface area contributed by atoms with E-state index in [1.165, 1.54) is 38.0 Å². The first-order chi connectivity index (χ1) is 14.0. The highest BCUT2D eigenvalue weighted by Gasteiger charge is 2.47. The minimum atomic E-state index is -1.05. The van der Waals surface area contributed by atoms with Crippen molar-refractivity contribution < 1.29 is 14.4 Å². The van der Waals surface area contributed by atoms with Crippen molar-refractivity contribution in [2.24, 2.45) is 11.1 Å². The van der Waals surface area contributed by atoms with Gasteiger partial charge in [0.1, 0.15) is 6.04 Å². The van der Waals surface area contributed by atoms with Gasteiger partial charge < -0.3 is 16.0 Å². The summed E-state index contributed by atoms with van der Waals surface area (Å²) in [7, 11) is 0. The monoisotopic (exact) mass is 393 g/mol. The number of hydrogen-bond acceptors (Lipinski definition) is 4. The Morgan fingerprint density at radius 2 is 1.66 bits per heavy atom. The molecule has 1 spiro atoms. The molecule has 2 aliphatic rings. The van der Waals surface area contributed by atoms with Crippen LogP contribution in [-0.4, -0.2) is 37.2 Å². The summed E-state index contributed by atoms with van der Waals surface area (Å²) in [6.07, 6.45) is 4.99. The molecule has 4 rings (SSSR count). The molecule has 2 amide bonds. The van der Waals surface area contributed by atoms with Crippen LogP contribution in [0.25, 0.3) is 0 Å². The van der Waals surface area contributed by atoms with Crippen molar-refractivity contribution in [3.05, 3.63) is 66.2 Å². The number of benzene rings is 2. The zero-order chi connectivity index (χ0) is 20.7. The number of rotatable bonds is 7. The Balaban J connectivity index is 0.000000168. The minimum absolute atomic E-state index is 0.251. The number of ketones is 1. The van der Waals surface area contributed by atoms with Crippen molar-refractivity contribution in [2.45, 2.75) is 31.7 Å². The van der Waals surface area contributed by atoms with Gasteiger partial charge in [-0.2, -0.15) is 0 Å². The molecule has 1 saturated carbocycles. The second-order valence-electron chi connectivity index (χ2n) is 7.76. The molecule has 1 heterocycles. The van der Waals surface area contributed by atoms with Crippen molar-refractivity contribution in [2.75, 3.05) is 18.0 Å². The van der Waals surface area contributed by atoms with E-state index in [0.717, 1.165) is 11.0 Å². The maximum Gasteiger partial charge on any atom is 0.287 e. The third-order valence-corrected chi connectivity index (χ3v) is 5.63. The molecule has 2 aromatic carbocycles. The Morgan fingerprint density at radius 3 is 2.17 bits per heavy atom. The molecular formula is C23H27N3O3. The molecule has 1 saturated heterocycles. The first-order valence-electron chi connectivity index (χ1n) is 9.90. The summed E-state index contributed by atoms with van der Waals surface area (Å²) in [5, 5.41) is 2.28. The molecule has 2 aromatic rings. The number of carbonyl (C=O) groups excluding carboxylic acids is 3. The molecular weight excluding hydrogens is 366 g/mol. The summed E-state index contributed by atoms with van der Waals surface area (Å²) in [6, 6.07) is 19.0. The van der Waals surface area contributed by atoms with Crippen molar-refractivity contribution >= 4 is 23.8 Å². The van der Waals surface area contributed by atoms with Crippen LogP contribution in [0.2, 0.25) is 0 Å². The van der Waals surface area contributed by atoms with E-state index in [0.29, 0.717) is 6.41 Å². The van der Waals surface area contributed by atoms with E-state index in [1.54, 1.807) is 12.1 Å². The molecule has 6 heteroatoms. The van der Waals surface area contributed by atoms with Crippen LogP contribution >= 0.6 is 0 Å². The largest absolute Gasteiger partial charge is 0.371 e. The van der Waals surface area contributed by atoms with Gasteiger partial charge >= 0.3 is 0 Å². The topological polar surface area (TPSA) is 92.5 Å². The summed E-state index contributed by atoms with van der Waals surface area (Å²) >= 11 is 0. The second-order valence-corrected chi connectivity index (χ2v) is 7.76. The van der Waals surface area contributed by atoms with Gasteiger partial charge in [0.05, 0.1) is 0 Å². The fourth-order valence-electron chi connectivity index (χ4n) is 3.71. The predicted molar refractivity (Wildman–Crippen MR) is 112 cm³/mol. The summed E-state index contributed by atoms with van der Waals surface area (Å²) < 4.78 is 0. The fourth-order valence-corrected chi connectivity index (χ4v) is 3.71. The van der Waals surface area contributed by atoms with Crippen LogP contribution in [-0.2, 0) is 20.8 Å². The molecule has 0 bridgehead atoms. The first-order valence-corrected chi connectivity index (χ1v) is 9.90. The van der Waals surface area contributed by atoms with Gasteiger partial charge in [-0.1, -0.05) is 48.5 Å². The average Bonchev–Trinajstić information content (AvgIpc) is 3.37. The normalized spacial score (nSPS) is 17.0. The van der Waals surface area contributed by atoms with Gasteiger partial charge in [0.15, 0.2) is 0 Å². The van der Waals surface area contributed by atoms with Gasteiger partial charge in [-0.05, 0) is 42.4 Å². The van der Waals surface area contributed by atoms with Crippen LogP contribution in [0.15, 0.2) is 60.7 Å². The van der Waals surface area contributed by atoms with Crippen LogP contribution in [0.3, 0.4) is 0 Å². The summed E-state index contributed by atoms with van der Waals surface area (Å²) in [5.41, 5.74) is 7.87. The lowest BCUT2D eigenvalue weighted by atomic mass is 10.0. The number of para-hydroxylation sites is 1. The zero-order valence-electron chi connectivity index (χ0n) is 16.4. The van der Waals surface area contributed by atoms with E-state index in [4.69, 9.17) is 5.73 Å². The van der Waals surface area contributed by atoms with E-state index in [9.17, 15) is 14.4 Å². The molecule has 152 valence electrons. The highest BCUT2D eigenvalue weighted by Crippen LogP contribution is 2.53. The van der Waals surface area contributed by atoms with Crippen LogP contribution < -0.4 is 16.0 Å². The minimum Gasteiger partial charge on any atom is -0.371 e. The Kier molecular flexibility index (Phi) is 6.65. The molecule has 29 heavy (non-hydrogen) atoms. The first kappa shape index (κ1) is 20.6. The van der Waals surface area contributed by atoms with Crippen molar-refractivity contribution in [3.8, 4) is 0 Å². The summed E-state index contributed by atoms with van der Waals surface area (Å²) in [5.74, 6) is -1.84. The van der Waals surface area contributed by atoms with Crippen LogP contribution in [0.1, 0.15) is 24.8 Å². The number of nitrogens with zero attached hydrogens (tertiary/aromatic N) is 1. The van der Waals surface area contributed by atoms with Gasteiger partial charge in [0, 0.05) is 25.2 Å². The molecule has 1 aliphatic heterocycles. The molecule has 1 atom stereocenters. The van der Waals surface area contributed by atoms with E-state index in [-0.39, 0.29) is 6.42 Å². The van der Waals surface area contributed by atoms with Crippen molar-refractivity contribution in [1.82, 2.24) is 5.32 Å². The predicted octanol–water partition coefficient (Wildman–Crippen LogP) is 2.07. The zero-order valence-corrected chi connectivity index (χ0v) is 16.4. The lowest BCUT2D eigenvalue weighted by Crippen LogP contribution is -2.44. The smallest absolute Gasteiger partial charge is 0.287 e. The quantitative estimate of drug-likeness (QED) is 0.556. The molecule has 6 nitrogen and oxygen atoms in total. The lowest BCUT2D eigenvalue weighted by molar-refractivity contribution is -0.137. The third-order valence-electron chi connectivity index (χ3n) is 5.63. The maximum atomic E-state index is 11.3. The number of amides is 2. The third kappa shape index (κ3) is 5.67.